The van der Waals surface area contributed by atoms with Gasteiger partial charge in [-0.2, -0.15) is 0 Å². The predicted octanol–water partition coefficient (Wildman–Crippen LogP) is 5.83. The number of allylic oxidation sites excluding steroid dienone is 2. The van der Waals surface area contributed by atoms with E-state index >= 15 is 0 Å². The van der Waals surface area contributed by atoms with Crippen molar-refractivity contribution >= 4 is 28.9 Å². The second-order valence-electron chi connectivity index (χ2n) is 6.09. The Morgan fingerprint density at radius 3 is 2.74 bits per heavy atom. The summed E-state index contributed by atoms with van der Waals surface area (Å²) in [5, 5.41) is 5.06. The quantitative estimate of drug-likeness (QED) is 0.691. The van der Waals surface area contributed by atoms with Crippen LogP contribution in [0.4, 0.5) is 5.69 Å². The summed E-state index contributed by atoms with van der Waals surface area (Å²) in [6.07, 6.45) is 5.61. The summed E-state index contributed by atoms with van der Waals surface area (Å²) in [4.78, 5) is 0. The van der Waals surface area contributed by atoms with Gasteiger partial charge in [0.1, 0.15) is 5.75 Å². The Morgan fingerprint density at radius 1 is 1.09 bits per heavy atom. The van der Waals surface area contributed by atoms with E-state index in [2.05, 4.69) is 29.6 Å². The zero-order valence-electron chi connectivity index (χ0n) is 12.7. The summed E-state index contributed by atoms with van der Waals surface area (Å²) in [6.45, 7) is 0. The number of anilines is 1. The van der Waals surface area contributed by atoms with Crippen LogP contribution >= 0.6 is 23.2 Å². The van der Waals surface area contributed by atoms with E-state index in [1.807, 2.05) is 24.3 Å². The van der Waals surface area contributed by atoms with Crippen LogP contribution in [0, 0.1) is 5.92 Å². The lowest BCUT2D eigenvalue weighted by atomic mass is 9.77. The first-order chi connectivity index (χ1) is 11.2. The molecule has 0 aromatic heterocycles. The van der Waals surface area contributed by atoms with Crippen LogP contribution in [-0.4, -0.2) is 7.11 Å². The Hall–Kier alpha value is -1.64. The molecule has 4 heteroatoms. The highest BCUT2D eigenvalue weighted by Gasteiger charge is 2.38. The highest BCUT2D eigenvalue weighted by atomic mass is 35.5. The van der Waals surface area contributed by atoms with E-state index in [1.54, 1.807) is 7.11 Å². The minimum Gasteiger partial charge on any atom is -0.497 e. The van der Waals surface area contributed by atoms with Crippen molar-refractivity contribution in [1.29, 1.82) is 0 Å². The van der Waals surface area contributed by atoms with E-state index in [-0.39, 0.29) is 6.04 Å². The van der Waals surface area contributed by atoms with Gasteiger partial charge in [0, 0.05) is 21.7 Å². The average Bonchev–Trinajstić information content (AvgIpc) is 3.04. The van der Waals surface area contributed by atoms with Crippen molar-refractivity contribution in [2.75, 3.05) is 12.4 Å². The van der Waals surface area contributed by atoms with Crippen molar-refractivity contribution in [3.8, 4) is 5.75 Å². The van der Waals surface area contributed by atoms with Crippen molar-refractivity contribution in [2.24, 2.45) is 5.92 Å². The van der Waals surface area contributed by atoms with Crippen molar-refractivity contribution in [1.82, 2.24) is 0 Å². The Labute approximate surface area is 146 Å². The molecule has 3 atom stereocenters. The molecule has 0 saturated heterocycles. The number of ether oxygens (including phenoxy) is 1. The normalized spacial score (nSPS) is 24.7. The summed E-state index contributed by atoms with van der Waals surface area (Å²) in [7, 11) is 1.70. The molecule has 2 aromatic carbocycles. The van der Waals surface area contributed by atoms with Crippen LogP contribution in [0.15, 0.2) is 48.6 Å². The fourth-order valence-electron chi connectivity index (χ4n) is 3.76. The Balaban J connectivity index is 1.79. The number of methoxy groups -OCH3 is 1. The largest absolute Gasteiger partial charge is 0.497 e. The van der Waals surface area contributed by atoms with Gasteiger partial charge < -0.3 is 10.1 Å². The molecular formula is C19H17Cl2NO. The third-order valence-corrected chi connectivity index (χ3v) is 5.43. The van der Waals surface area contributed by atoms with Gasteiger partial charge in [-0.05, 0) is 53.8 Å². The third kappa shape index (κ3) is 2.50. The van der Waals surface area contributed by atoms with Gasteiger partial charge in [-0.15, -0.1) is 0 Å². The number of benzene rings is 2. The topological polar surface area (TPSA) is 21.3 Å². The lowest BCUT2D eigenvalue weighted by molar-refractivity contribution is 0.405. The van der Waals surface area contributed by atoms with Crippen LogP contribution in [0.2, 0.25) is 10.0 Å². The first-order valence-corrected chi connectivity index (χ1v) is 8.49. The SMILES string of the molecule is COc1ccc2c(c1)[C@H]1C=CC[C@@H]1[C@H](c1ccc(Cl)cc1Cl)N2. The molecule has 1 aliphatic heterocycles. The minimum atomic E-state index is 0.181. The minimum absolute atomic E-state index is 0.181. The zero-order valence-corrected chi connectivity index (χ0v) is 14.2. The molecule has 0 amide bonds. The summed E-state index contributed by atoms with van der Waals surface area (Å²) >= 11 is 12.5. The summed E-state index contributed by atoms with van der Waals surface area (Å²) in [6, 6.07) is 12.2. The van der Waals surface area contributed by atoms with Gasteiger partial charge in [0.25, 0.3) is 0 Å². The van der Waals surface area contributed by atoms with Crippen molar-refractivity contribution in [3.63, 3.8) is 0 Å². The third-order valence-electron chi connectivity index (χ3n) is 4.87. The highest BCUT2D eigenvalue weighted by molar-refractivity contribution is 6.35. The number of rotatable bonds is 2. The van der Waals surface area contributed by atoms with Crippen LogP contribution in [-0.2, 0) is 0 Å². The fraction of sp³-hybridized carbons (Fsp3) is 0.263. The first kappa shape index (κ1) is 14.9. The van der Waals surface area contributed by atoms with Crippen LogP contribution < -0.4 is 10.1 Å². The number of fused-ring (bicyclic) bond motifs is 3. The zero-order chi connectivity index (χ0) is 16.0. The molecule has 0 spiro atoms. The monoisotopic (exact) mass is 345 g/mol. The number of hydrogen-bond donors (Lipinski definition) is 1. The van der Waals surface area contributed by atoms with Gasteiger partial charge in [-0.25, -0.2) is 0 Å². The molecule has 2 aliphatic rings. The van der Waals surface area contributed by atoms with E-state index in [0.717, 1.165) is 28.4 Å². The predicted molar refractivity (Wildman–Crippen MR) is 95.8 cm³/mol. The Morgan fingerprint density at radius 2 is 1.96 bits per heavy atom. The summed E-state index contributed by atoms with van der Waals surface area (Å²) < 4.78 is 5.38. The van der Waals surface area contributed by atoms with Gasteiger partial charge >= 0.3 is 0 Å². The maximum absolute atomic E-state index is 6.46. The van der Waals surface area contributed by atoms with Crippen LogP contribution in [0.25, 0.3) is 0 Å². The Kier molecular flexibility index (Phi) is 3.74. The summed E-state index contributed by atoms with van der Waals surface area (Å²) in [5.74, 6) is 1.74. The van der Waals surface area contributed by atoms with E-state index in [1.165, 1.54) is 5.56 Å². The smallest absolute Gasteiger partial charge is 0.119 e. The van der Waals surface area contributed by atoms with Gasteiger partial charge in [-0.3, -0.25) is 0 Å². The molecule has 118 valence electrons. The van der Waals surface area contributed by atoms with Gasteiger partial charge in [0.05, 0.1) is 13.2 Å². The molecule has 2 aromatic rings. The number of halogens is 2. The first-order valence-electron chi connectivity index (χ1n) is 7.73. The standard InChI is InChI=1S/C19H17Cl2NO/c1-23-12-6-8-18-16(10-12)13-3-2-4-14(13)19(22-18)15-7-5-11(20)9-17(15)21/h2-3,5-10,13-14,19,22H,4H2,1H3/t13-,14-,19+/m0/s1. The van der Waals surface area contributed by atoms with E-state index in [9.17, 15) is 0 Å². The Bertz CT molecular complexity index is 787. The molecule has 1 N–H and O–H groups in total. The lowest BCUT2D eigenvalue weighted by Crippen LogP contribution is -2.29. The number of nitrogens with one attached hydrogen (secondary N) is 1. The molecule has 1 aliphatic carbocycles. The van der Waals surface area contributed by atoms with Gasteiger partial charge in [0.15, 0.2) is 0 Å². The van der Waals surface area contributed by atoms with E-state index in [4.69, 9.17) is 27.9 Å². The van der Waals surface area contributed by atoms with Crippen LogP contribution in [0.3, 0.4) is 0 Å². The van der Waals surface area contributed by atoms with Crippen molar-refractivity contribution in [3.05, 3.63) is 69.7 Å². The van der Waals surface area contributed by atoms with E-state index in [0.29, 0.717) is 16.9 Å². The van der Waals surface area contributed by atoms with Gasteiger partial charge in [-0.1, -0.05) is 41.4 Å². The molecule has 0 radical (unpaired) electrons. The molecule has 2 nitrogen and oxygen atoms in total. The van der Waals surface area contributed by atoms with Crippen molar-refractivity contribution in [2.45, 2.75) is 18.4 Å². The van der Waals surface area contributed by atoms with E-state index < -0.39 is 0 Å². The molecule has 0 saturated carbocycles. The second kappa shape index (κ2) is 5.77. The lowest BCUT2D eigenvalue weighted by Gasteiger charge is -2.38. The summed E-state index contributed by atoms with van der Waals surface area (Å²) in [5.41, 5.74) is 3.55. The fourth-order valence-corrected chi connectivity index (χ4v) is 4.29. The molecular weight excluding hydrogens is 329 g/mol. The molecule has 4 rings (SSSR count). The van der Waals surface area contributed by atoms with Crippen LogP contribution in [0.1, 0.15) is 29.5 Å². The van der Waals surface area contributed by atoms with Crippen LogP contribution in [0.5, 0.6) is 5.75 Å². The molecule has 23 heavy (non-hydrogen) atoms. The molecule has 0 fully saturated rings. The molecule has 0 bridgehead atoms. The maximum atomic E-state index is 6.46. The molecule has 1 heterocycles. The van der Waals surface area contributed by atoms with Crippen molar-refractivity contribution < 1.29 is 4.74 Å². The second-order valence-corrected chi connectivity index (χ2v) is 6.94. The average molecular weight is 346 g/mol. The van der Waals surface area contributed by atoms with Gasteiger partial charge in [0.2, 0.25) is 0 Å². The number of hydrogen-bond acceptors (Lipinski definition) is 2. The maximum Gasteiger partial charge on any atom is 0.119 e. The highest BCUT2D eigenvalue weighted by Crippen LogP contribution is 2.51. The molecule has 0 unspecified atom stereocenters.